The second-order valence-corrected chi connectivity index (χ2v) is 4.50. The number of amides is 1. The molecule has 0 bridgehead atoms. The number of halogens is 1. The number of ether oxygens (including phenoxy) is 1. The molecule has 5 heteroatoms. The number of nitrogens with two attached hydrogens (primary N) is 1. The van der Waals surface area contributed by atoms with Crippen LogP contribution in [0.3, 0.4) is 0 Å². The summed E-state index contributed by atoms with van der Waals surface area (Å²) < 4.78 is 5.36. The minimum atomic E-state index is -0.244. The van der Waals surface area contributed by atoms with Crippen molar-refractivity contribution >= 4 is 23.2 Å². The van der Waals surface area contributed by atoms with Gasteiger partial charge in [-0.25, -0.2) is 0 Å². The van der Waals surface area contributed by atoms with Crippen molar-refractivity contribution < 1.29 is 9.53 Å². The number of hydrogen-bond donors (Lipinski definition) is 2. The minimum Gasteiger partial charge on any atom is -0.492 e. The van der Waals surface area contributed by atoms with Crippen LogP contribution in [0, 0.1) is 0 Å². The van der Waals surface area contributed by atoms with E-state index in [0.717, 1.165) is 0 Å². The van der Waals surface area contributed by atoms with Gasteiger partial charge in [-0.2, -0.15) is 0 Å². The first-order valence-electron chi connectivity index (χ1n) is 6.19. The van der Waals surface area contributed by atoms with Crippen LogP contribution in [-0.2, 0) is 0 Å². The third-order valence-corrected chi connectivity index (χ3v) is 2.95. The molecule has 0 aliphatic heterocycles. The van der Waals surface area contributed by atoms with Crippen LogP contribution in [0.2, 0.25) is 5.02 Å². The lowest BCUT2D eigenvalue weighted by Gasteiger charge is -2.08. The van der Waals surface area contributed by atoms with Gasteiger partial charge in [-0.05, 0) is 36.4 Å². The van der Waals surface area contributed by atoms with Gasteiger partial charge in [-0.3, -0.25) is 4.79 Å². The van der Waals surface area contributed by atoms with E-state index < -0.39 is 0 Å². The molecule has 2 rings (SSSR count). The van der Waals surface area contributed by atoms with Crippen molar-refractivity contribution in [2.24, 2.45) is 5.73 Å². The largest absolute Gasteiger partial charge is 0.492 e. The lowest BCUT2D eigenvalue weighted by Crippen LogP contribution is -2.12. The highest BCUT2D eigenvalue weighted by Crippen LogP contribution is 2.19. The van der Waals surface area contributed by atoms with Crippen LogP contribution in [0.5, 0.6) is 5.75 Å². The van der Waals surface area contributed by atoms with Gasteiger partial charge in [0.1, 0.15) is 12.4 Å². The SMILES string of the molecule is NCCOc1ccc(NC(=O)c2ccccc2Cl)cc1. The molecule has 20 heavy (non-hydrogen) atoms. The molecule has 0 saturated carbocycles. The average molecular weight is 291 g/mol. The topological polar surface area (TPSA) is 64.3 Å². The molecule has 0 aliphatic rings. The molecule has 3 N–H and O–H groups in total. The summed E-state index contributed by atoms with van der Waals surface area (Å²) in [4.78, 5) is 12.0. The Bertz CT molecular complexity index is 585. The maximum Gasteiger partial charge on any atom is 0.257 e. The Kier molecular flexibility index (Phi) is 4.98. The Labute approximate surface area is 122 Å². The van der Waals surface area contributed by atoms with E-state index in [1.807, 2.05) is 0 Å². The Balaban J connectivity index is 2.03. The zero-order chi connectivity index (χ0) is 14.4. The summed E-state index contributed by atoms with van der Waals surface area (Å²) in [7, 11) is 0. The maximum absolute atomic E-state index is 12.0. The van der Waals surface area contributed by atoms with Crippen molar-refractivity contribution in [2.75, 3.05) is 18.5 Å². The van der Waals surface area contributed by atoms with Crippen molar-refractivity contribution in [1.29, 1.82) is 0 Å². The fraction of sp³-hybridized carbons (Fsp3) is 0.133. The fourth-order valence-electron chi connectivity index (χ4n) is 1.66. The van der Waals surface area contributed by atoms with Crippen molar-refractivity contribution in [3.05, 3.63) is 59.1 Å². The van der Waals surface area contributed by atoms with Crippen molar-refractivity contribution in [2.45, 2.75) is 0 Å². The highest BCUT2D eigenvalue weighted by molar-refractivity contribution is 6.34. The molecule has 0 saturated heterocycles. The fourth-order valence-corrected chi connectivity index (χ4v) is 1.88. The standard InChI is InChI=1S/C15H15ClN2O2/c16-14-4-2-1-3-13(14)15(19)18-11-5-7-12(8-6-11)20-10-9-17/h1-8H,9-10,17H2,(H,18,19). The highest BCUT2D eigenvalue weighted by Gasteiger charge is 2.09. The second-order valence-electron chi connectivity index (χ2n) is 4.10. The van der Waals surface area contributed by atoms with Crippen molar-refractivity contribution in [3.63, 3.8) is 0 Å². The van der Waals surface area contributed by atoms with E-state index in [1.165, 1.54) is 0 Å². The van der Waals surface area contributed by atoms with Crippen molar-refractivity contribution in [1.82, 2.24) is 0 Å². The van der Waals surface area contributed by atoms with Crippen LogP contribution in [-0.4, -0.2) is 19.1 Å². The van der Waals surface area contributed by atoms with E-state index in [0.29, 0.717) is 35.2 Å². The molecule has 0 atom stereocenters. The van der Waals surface area contributed by atoms with Gasteiger partial charge >= 0.3 is 0 Å². The molecule has 4 nitrogen and oxygen atoms in total. The van der Waals surface area contributed by atoms with E-state index in [2.05, 4.69) is 5.32 Å². The zero-order valence-electron chi connectivity index (χ0n) is 10.8. The third-order valence-electron chi connectivity index (χ3n) is 2.62. The van der Waals surface area contributed by atoms with Gasteiger partial charge in [0.25, 0.3) is 5.91 Å². The first-order chi connectivity index (χ1) is 9.70. The van der Waals surface area contributed by atoms with E-state index in [1.54, 1.807) is 48.5 Å². The summed E-state index contributed by atoms with van der Waals surface area (Å²) in [6, 6.07) is 14.0. The molecule has 2 aromatic carbocycles. The molecule has 2 aromatic rings. The molecule has 0 unspecified atom stereocenters. The second kappa shape index (κ2) is 6.93. The monoisotopic (exact) mass is 290 g/mol. The molecular formula is C15H15ClN2O2. The van der Waals surface area contributed by atoms with E-state index in [9.17, 15) is 4.79 Å². The zero-order valence-corrected chi connectivity index (χ0v) is 11.6. The van der Waals surface area contributed by atoms with Gasteiger partial charge in [0.15, 0.2) is 0 Å². The number of anilines is 1. The van der Waals surface area contributed by atoms with Gasteiger partial charge < -0.3 is 15.8 Å². The van der Waals surface area contributed by atoms with E-state index >= 15 is 0 Å². The number of benzene rings is 2. The van der Waals surface area contributed by atoms with Crippen LogP contribution >= 0.6 is 11.6 Å². The number of nitrogens with one attached hydrogen (secondary N) is 1. The highest BCUT2D eigenvalue weighted by atomic mass is 35.5. The number of carbonyl (C=O) groups excluding carboxylic acids is 1. The summed E-state index contributed by atoms with van der Waals surface area (Å²) in [6.07, 6.45) is 0. The predicted molar refractivity (Wildman–Crippen MR) is 80.4 cm³/mol. The number of rotatable bonds is 5. The van der Waals surface area contributed by atoms with Crippen LogP contribution in [0.1, 0.15) is 10.4 Å². The Morgan fingerprint density at radius 1 is 1.15 bits per heavy atom. The van der Waals surface area contributed by atoms with Gasteiger partial charge in [0, 0.05) is 12.2 Å². The molecule has 0 radical (unpaired) electrons. The van der Waals surface area contributed by atoms with Gasteiger partial charge in [-0.15, -0.1) is 0 Å². The van der Waals surface area contributed by atoms with Crippen LogP contribution < -0.4 is 15.8 Å². The molecule has 1 amide bonds. The van der Waals surface area contributed by atoms with Crippen LogP contribution in [0.25, 0.3) is 0 Å². The number of carbonyl (C=O) groups is 1. The molecular weight excluding hydrogens is 276 g/mol. The summed E-state index contributed by atoms with van der Waals surface area (Å²) >= 11 is 5.98. The molecule has 0 aromatic heterocycles. The maximum atomic E-state index is 12.0. The summed E-state index contributed by atoms with van der Waals surface area (Å²) in [5.74, 6) is 0.470. The minimum absolute atomic E-state index is 0.244. The summed E-state index contributed by atoms with van der Waals surface area (Å²) in [5, 5.41) is 3.20. The van der Waals surface area contributed by atoms with Crippen LogP contribution in [0.15, 0.2) is 48.5 Å². The quantitative estimate of drug-likeness (QED) is 0.890. The van der Waals surface area contributed by atoms with Gasteiger partial charge in [0.2, 0.25) is 0 Å². The molecule has 0 spiro atoms. The molecule has 0 aliphatic carbocycles. The lowest BCUT2D eigenvalue weighted by molar-refractivity contribution is 0.102. The summed E-state index contributed by atoms with van der Waals surface area (Å²) in [5.41, 5.74) is 6.47. The van der Waals surface area contributed by atoms with Gasteiger partial charge in [-0.1, -0.05) is 23.7 Å². The first-order valence-corrected chi connectivity index (χ1v) is 6.57. The normalized spacial score (nSPS) is 10.1. The first kappa shape index (κ1) is 14.4. The Hall–Kier alpha value is -2.04. The van der Waals surface area contributed by atoms with E-state index in [-0.39, 0.29) is 5.91 Å². The Morgan fingerprint density at radius 3 is 2.50 bits per heavy atom. The molecule has 0 fully saturated rings. The molecule has 104 valence electrons. The van der Waals surface area contributed by atoms with Crippen molar-refractivity contribution in [3.8, 4) is 5.75 Å². The third kappa shape index (κ3) is 3.73. The lowest BCUT2D eigenvalue weighted by atomic mass is 10.2. The Morgan fingerprint density at radius 2 is 1.85 bits per heavy atom. The van der Waals surface area contributed by atoms with Gasteiger partial charge in [0.05, 0.1) is 10.6 Å². The average Bonchev–Trinajstić information content (AvgIpc) is 2.47. The summed E-state index contributed by atoms with van der Waals surface area (Å²) in [6.45, 7) is 0.927. The van der Waals surface area contributed by atoms with Crippen LogP contribution in [0.4, 0.5) is 5.69 Å². The molecule has 0 heterocycles. The smallest absolute Gasteiger partial charge is 0.257 e. The predicted octanol–water partition coefficient (Wildman–Crippen LogP) is 2.93. The van der Waals surface area contributed by atoms with E-state index in [4.69, 9.17) is 22.1 Å². The number of hydrogen-bond acceptors (Lipinski definition) is 3.